The van der Waals surface area contributed by atoms with Crippen LogP contribution in [0.1, 0.15) is 23.2 Å². The average Bonchev–Trinajstić information content (AvgIpc) is 4.01. The van der Waals surface area contributed by atoms with Crippen LogP contribution in [0.5, 0.6) is 0 Å². The van der Waals surface area contributed by atoms with E-state index in [-0.39, 0.29) is 23.9 Å². The van der Waals surface area contributed by atoms with Crippen molar-refractivity contribution in [2.45, 2.75) is 12.1 Å². The maximum atomic E-state index is 12.7. The van der Waals surface area contributed by atoms with Gasteiger partial charge in [-0.15, -0.1) is 10.2 Å². The first-order valence-electron chi connectivity index (χ1n) is 23.7. The molecule has 22 heteroatoms. The Morgan fingerprint density at radius 3 is 1.23 bits per heavy atom. The number of para-hydroxylation sites is 2. The fraction of sp³-hybridized carbons (Fsp3) is 0.269. The first kappa shape index (κ1) is 51.0. The fourth-order valence-electron chi connectivity index (χ4n) is 9.05. The molecule has 2 atom stereocenters. The number of hydrogen-bond donors (Lipinski definition) is 2. The van der Waals surface area contributed by atoms with Crippen LogP contribution >= 0.6 is 0 Å². The second-order valence-corrected chi connectivity index (χ2v) is 22.6. The monoisotopic (exact) mass is 1040 g/mol. The predicted molar refractivity (Wildman–Crippen MR) is 289 cm³/mol. The molecule has 4 aromatic heterocycles. The molecule has 0 bridgehead atoms. The molecule has 384 valence electrons. The second kappa shape index (κ2) is 20.5. The van der Waals surface area contributed by atoms with Crippen molar-refractivity contribution < 1.29 is 26.4 Å². The van der Waals surface area contributed by atoms with Crippen molar-refractivity contribution in [1.82, 2.24) is 48.8 Å². The number of anilines is 6. The summed E-state index contributed by atoms with van der Waals surface area (Å²) in [7, 11) is 3.78. The standard InChI is InChI=1S/2C26H29N7O3S/c2*1-30-15-16-31(2)25(34)24(30)18-9-11-19(12-10-18)28-26-27-17-20-13-14-23(33(20)29-26)21-7-5-6-8-22(21)32(3)37(4,35)36/h2*5-14,17,24H,15-16H2,1-4H3,(H,28,29). The highest BCUT2D eigenvalue weighted by atomic mass is 32.2. The van der Waals surface area contributed by atoms with E-state index in [1.165, 1.54) is 35.2 Å². The molecule has 0 saturated carbocycles. The molecule has 6 heterocycles. The minimum Gasteiger partial charge on any atom is -0.343 e. The number of amides is 2. The van der Waals surface area contributed by atoms with Gasteiger partial charge in [-0.05, 0) is 85.9 Å². The van der Waals surface area contributed by atoms with E-state index >= 15 is 0 Å². The zero-order chi connectivity index (χ0) is 52.6. The minimum atomic E-state index is -3.44. The van der Waals surface area contributed by atoms with Gasteiger partial charge in [-0.3, -0.25) is 28.0 Å². The van der Waals surface area contributed by atoms with E-state index < -0.39 is 20.0 Å². The van der Waals surface area contributed by atoms with Gasteiger partial charge < -0.3 is 20.4 Å². The van der Waals surface area contributed by atoms with Gasteiger partial charge in [0, 0.05) is 76.9 Å². The Morgan fingerprint density at radius 2 is 0.865 bits per heavy atom. The van der Waals surface area contributed by atoms with Crippen LogP contribution in [0.25, 0.3) is 33.5 Å². The Bertz CT molecular complexity index is 3370. The molecule has 2 unspecified atom stereocenters. The number of sulfonamides is 2. The van der Waals surface area contributed by atoms with Gasteiger partial charge in [0.1, 0.15) is 12.1 Å². The molecule has 2 aliphatic heterocycles. The fourth-order valence-corrected chi connectivity index (χ4v) is 10.1. The number of nitrogens with one attached hydrogen (secondary N) is 2. The third-order valence-corrected chi connectivity index (χ3v) is 15.9. The Hall–Kier alpha value is -7.92. The molecule has 0 aliphatic carbocycles. The number of rotatable bonds is 12. The maximum absolute atomic E-state index is 12.7. The van der Waals surface area contributed by atoms with Crippen molar-refractivity contribution in [2.75, 3.05) is 100 Å². The first-order valence-corrected chi connectivity index (χ1v) is 27.4. The number of likely N-dealkylation sites (N-methyl/N-ethyl adjacent to an activating group) is 4. The zero-order valence-electron chi connectivity index (χ0n) is 42.3. The summed E-state index contributed by atoms with van der Waals surface area (Å²) in [5.41, 5.74) is 9.04. The zero-order valence-corrected chi connectivity index (χ0v) is 44.0. The van der Waals surface area contributed by atoms with Crippen LogP contribution in [-0.2, 0) is 29.6 Å². The molecular weight excluding hydrogens is 981 g/mol. The maximum Gasteiger partial charge on any atom is 0.245 e. The molecule has 0 radical (unpaired) electrons. The number of carbonyl (C=O) groups excluding carboxylic acids is 2. The molecule has 74 heavy (non-hydrogen) atoms. The molecule has 2 amide bonds. The van der Waals surface area contributed by atoms with Crippen LogP contribution < -0.4 is 19.2 Å². The van der Waals surface area contributed by atoms with Gasteiger partial charge in [0.15, 0.2) is 0 Å². The van der Waals surface area contributed by atoms with E-state index in [1.54, 1.807) is 55.5 Å². The number of benzene rings is 4. The third kappa shape index (κ3) is 10.5. The summed E-state index contributed by atoms with van der Waals surface area (Å²) in [6.07, 6.45) is 5.77. The van der Waals surface area contributed by atoms with Gasteiger partial charge in [-0.25, -0.2) is 35.8 Å². The topological polar surface area (TPSA) is 206 Å². The van der Waals surface area contributed by atoms with Gasteiger partial charge in [-0.2, -0.15) is 0 Å². The average molecular weight is 1040 g/mol. The van der Waals surface area contributed by atoms with Crippen LogP contribution in [0, 0.1) is 0 Å². The van der Waals surface area contributed by atoms with E-state index in [9.17, 15) is 26.4 Å². The number of aromatic nitrogens is 6. The third-order valence-electron chi connectivity index (χ3n) is 13.5. The molecule has 2 N–H and O–H groups in total. The molecule has 4 aromatic carbocycles. The lowest BCUT2D eigenvalue weighted by Gasteiger charge is -2.37. The number of piperazine rings is 2. The molecule has 10 rings (SSSR count). The van der Waals surface area contributed by atoms with E-state index in [4.69, 9.17) is 0 Å². The summed E-state index contributed by atoms with van der Waals surface area (Å²) in [5, 5.41) is 15.8. The van der Waals surface area contributed by atoms with E-state index in [0.717, 1.165) is 82.2 Å². The van der Waals surface area contributed by atoms with Crippen molar-refractivity contribution in [3.63, 3.8) is 0 Å². The van der Waals surface area contributed by atoms with Gasteiger partial charge in [-0.1, -0.05) is 60.7 Å². The number of carbonyl (C=O) groups is 2. The summed E-state index contributed by atoms with van der Waals surface area (Å²) < 4.78 is 54.8. The number of fused-ring (bicyclic) bond motifs is 2. The van der Waals surface area contributed by atoms with Crippen molar-refractivity contribution in [3.8, 4) is 22.5 Å². The summed E-state index contributed by atoms with van der Waals surface area (Å²) in [5.74, 6) is 0.949. The van der Waals surface area contributed by atoms with Gasteiger partial charge in [0.25, 0.3) is 0 Å². The lowest BCUT2D eigenvalue weighted by molar-refractivity contribution is -0.140. The summed E-state index contributed by atoms with van der Waals surface area (Å²) in [6.45, 7) is 3.09. The lowest BCUT2D eigenvalue weighted by Crippen LogP contribution is -2.48. The molecule has 8 aromatic rings. The van der Waals surface area contributed by atoms with Crippen LogP contribution in [0.4, 0.5) is 34.6 Å². The summed E-state index contributed by atoms with van der Waals surface area (Å²) >= 11 is 0. The van der Waals surface area contributed by atoms with Gasteiger partial charge in [0.2, 0.25) is 43.8 Å². The van der Waals surface area contributed by atoms with Gasteiger partial charge >= 0.3 is 0 Å². The highest BCUT2D eigenvalue weighted by Crippen LogP contribution is 2.35. The number of hydrogen-bond acceptors (Lipinski definition) is 14. The first-order chi connectivity index (χ1) is 35.3. The van der Waals surface area contributed by atoms with Crippen LogP contribution in [0.2, 0.25) is 0 Å². The molecule has 20 nitrogen and oxygen atoms in total. The minimum absolute atomic E-state index is 0.0881. The quantitative estimate of drug-likeness (QED) is 0.145. The normalized spacial score (nSPS) is 16.8. The molecule has 2 aliphatic rings. The van der Waals surface area contributed by atoms with Crippen molar-refractivity contribution in [1.29, 1.82) is 0 Å². The SMILES string of the molecule is CN1CCN(C)C(c2ccc(Nc3ncc4ccc(-c5ccccc5N(C)S(C)(=O)=O)n4n3)cc2)C1=O.CN1CCN(C)C(c2ccc(Nc3ncc4ccc(-c5ccccc5N(C)S(C)(=O)=O)n4n3)cc2)C1=O. The second-order valence-electron chi connectivity index (χ2n) is 18.5. The Kier molecular flexibility index (Phi) is 14.2. The van der Waals surface area contributed by atoms with E-state index in [2.05, 4.69) is 40.6 Å². The highest BCUT2D eigenvalue weighted by molar-refractivity contribution is 7.92. The summed E-state index contributed by atoms with van der Waals surface area (Å²) in [4.78, 5) is 41.9. The highest BCUT2D eigenvalue weighted by Gasteiger charge is 2.33. The van der Waals surface area contributed by atoms with Gasteiger partial charge in [0.05, 0.1) is 58.7 Å². The van der Waals surface area contributed by atoms with E-state index in [0.29, 0.717) is 23.3 Å². The largest absolute Gasteiger partial charge is 0.343 e. The number of nitrogens with zero attached hydrogens (tertiary/aromatic N) is 12. The van der Waals surface area contributed by atoms with Crippen molar-refractivity contribution >= 4 is 77.5 Å². The van der Waals surface area contributed by atoms with Crippen LogP contribution in [-0.4, -0.2) is 158 Å². The van der Waals surface area contributed by atoms with Crippen LogP contribution in [0.3, 0.4) is 0 Å². The van der Waals surface area contributed by atoms with Crippen molar-refractivity contribution in [3.05, 3.63) is 145 Å². The Balaban J connectivity index is 0.000000182. The predicted octanol–water partition coefficient (Wildman–Crippen LogP) is 5.96. The lowest BCUT2D eigenvalue weighted by atomic mass is 10.0. The smallest absolute Gasteiger partial charge is 0.245 e. The summed E-state index contributed by atoms with van der Waals surface area (Å²) in [6, 6.07) is 37.0. The van der Waals surface area contributed by atoms with Crippen molar-refractivity contribution in [2.24, 2.45) is 0 Å². The Labute approximate surface area is 430 Å². The Morgan fingerprint density at radius 1 is 0.500 bits per heavy atom. The van der Waals surface area contributed by atoms with Crippen LogP contribution in [0.15, 0.2) is 134 Å². The molecule has 0 spiro atoms. The molecular formula is C52H58N14O6S2. The molecule has 2 fully saturated rings. The van der Waals surface area contributed by atoms with E-state index in [1.807, 2.05) is 125 Å². The molecule has 2 saturated heterocycles.